The molecule has 1 heterocycles. The Morgan fingerprint density at radius 3 is 2.80 bits per heavy atom. The fourth-order valence-electron chi connectivity index (χ4n) is 1.60. The van der Waals surface area contributed by atoms with Crippen LogP contribution in [0.4, 0.5) is 0 Å². The van der Waals surface area contributed by atoms with Crippen molar-refractivity contribution in [1.82, 2.24) is 4.90 Å². The monoisotopic (exact) mass is 231 g/mol. The Bertz CT molecular complexity index is 239. The quantitative estimate of drug-likeness (QED) is 0.772. The van der Waals surface area contributed by atoms with Gasteiger partial charge in [0, 0.05) is 20.0 Å². The summed E-state index contributed by atoms with van der Waals surface area (Å²) >= 11 is 1.71. The van der Waals surface area contributed by atoms with Crippen molar-refractivity contribution in [1.29, 1.82) is 0 Å². The maximum absolute atomic E-state index is 11.8. The van der Waals surface area contributed by atoms with E-state index in [4.69, 9.17) is 5.11 Å². The first-order chi connectivity index (χ1) is 7.11. The molecule has 0 aliphatic carbocycles. The van der Waals surface area contributed by atoms with Gasteiger partial charge in [0.25, 0.3) is 0 Å². The molecule has 0 bridgehead atoms. The van der Waals surface area contributed by atoms with Crippen molar-refractivity contribution in [3.05, 3.63) is 0 Å². The van der Waals surface area contributed by atoms with Crippen molar-refractivity contribution in [2.24, 2.45) is 0 Å². The zero-order valence-electron chi connectivity index (χ0n) is 8.94. The summed E-state index contributed by atoms with van der Waals surface area (Å²) < 4.78 is 0. The van der Waals surface area contributed by atoms with Gasteiger partial charge in [0.1, 0.15) is 0 Å². The Hall–Kier alpha value is -0.710. The maximum atomic E-state index is 11.8. The minimum absolute atomic E-state index is 0.111. The summed E-state index contributed by atoms with van der Waals surface area (Å²) in [6, 6.07) is 0. The smallest absolute Gasteiger partial charge is 0.303 e. The summed E-state index contributed by atoms with van der Waals surface area (Å²) in [5.41, 5.74) is 0. The SMILES string of the molecule is CN(CCCC(=O)O)C(=O)C1CCCS1. The van der Waals surface area contributed by atoms with Gasteiger partial charge in [0.05, 0.1) is 5.25 Å². The van der Waals surface area contributed by atoms with Gasteiger partial charge in [-0.2, -0.15) is 0 Å². The van der Waals surface area contributed by atoms with E-state index in [0.29, 0.717) is 13.0 Å². The first-order valence-electron chi connectivity index (χ1n) is 5.19. The normalized spacial score (nSPS) is 20.2. The van der Waals surface area contributed by atoms with Gasteiger partial charge in [-0.05, 0) is 25.0 Å². The number of carbonyl (C=O) groups is 2. The largest absolute Gasteiger partial charge is 0.481 e. The number of carboxylic acids is 1. The molecule has 1 fully saturated rings. The number of nitrogens with zero attached hydrogens (tertiary/aromatic N) is 1. The van der Waals surface area contributed by atoms with E-state index >= 15 is 0 Å². The number of rotatable bonds is 5. The van der Waals surface area contributed by atoms with Crippen LogP contribution in [-0.4, -0.2) is 46.5 Å². The van der Waals surface area contributed by atoms with Gasteiger partial charge < -0.3 is 10.0 Å². The van der Waals surface area contributed by atoms with E-state index in [1.165, 1.54) is 0 Å². The zero-order chi connectivity index (χ0) is 11.3. The molecule has 1 atom stereocenters. The van der Waals surface area contributed by atoms with Gasteiger partial charge in [0.2, 0.25) is 5.91 Å². The average molecular weight is 231 g/mol. The van der Waals surface area contributed by atoms with E-state index in [0.717, 1.165) is 18.6 Å². The van der Waals surface area contributed by atoms with Crippen LogP contribution in [0, 0.1) is 0 Å². The van der Waals surface area contributed by atoms with E-state index in [2.05, 4.69) is 0 Å². The molecule has 86 valence electrons. The van der Waals surface area contributed by atoms with Gasteiger partial charge in [0.15, 0.2) is 0 Å². The second-order valence-electron chi connectivity index (χ2n) is 3.76. The third-order valence-corrected chi connectivity index (χ3v) is 3.83. The van der Waals surface area contributed by atoms with Gasteiger partial charge in [-0.15, -0.1) is 11.8 Å². The lowest BCUT2D eigenvalue weighted by atomic mass is 10.2. The highest BCUT2D eigenvalue weighted by molar-refractivity contribution is 8.00. The van der Waals surface area contributed by atoms with Crippen molar-refractivity contribution in [3.8, 4) is 0 Å². The van der Waals surface area contributed by atoms with Crippen LogP contribution in [0.5, 0.6) is 0 Å². The lowest BCUT2D eigenvalue weighted by Gasteiger charge is -2.19. The first-order valence-corrected chi connectivity index (χ1v) is 6.24. The number of thioether (sulfide) groups is 1. The summed E-state index contributed by atoms with van der Waals surface area (Å²) in [6.45, 7) is 0.544. The fourth-order valence-corrected chi connectivity index (χ4v) is 2.87. The van der Waals surface area contributed by atoms with Crippen molar-refractivity contribution in [3.63, 3.8) is 0 Å². The molecule has 0 aromatic heterocycles. The van der Waals surface area contributed by atoms with Crippen LogP contribution in [0.15, 0.2) is 0 Å². The van der Waals surface area contributed by atoms with Gasteiger partial charge in [-0.3, -0.25) is 9.59 Å². The molecule has 0 radical (unpaired) electrons. The lowest BCUT2D eigenvalue weighted by Crippen LogP contribution is -2.34. The third kappa shape index (κ3) is 4.11. The molecule has 0 aromatic rings. The molecule has 1 N–H and O–H groups in total. The molecular formula is C10H17NO3S. The first kappa shape index (κ1) is 12.4. The maximum Gasteiger partial charge on any atom is 0.303 e. The Kier molecular flexibility index (Phi) is 4.94. The molecule has 0 saturated carbocycles. The van der Waals surface area contributed by atoms with E-state index in [1.54, 1.807) is 23.7 Å². The highest BCUT2D eigenvalue weighted by atomic mass is 32.2. The van der Waals surface area contributed by atoms with Gasteiger partial charge in [-0.25, -0.2) is 0 Å². The van der Waals surface area contributed by atoms with E-state index in [1.807, 2.05) is 0 Å². The molecule has 15 heavy (non-hydrogen) atoms. The standard InChI is InChI=1S/C10H17NO3S/c1-11(6-2-5-9(12)13)10(14)8-4-3-7-15-8/h8H,2-7H2,1H3,(H,12,13). The molecule has 5 heteroatoms. The van der Waals surface area contributed by atoms with Crippen molar-refractivity contribution >= 4 is 23.6 Å². The molecule has 0 aromatic carbocycles. The molecule has 1 aliphatic rings. The second kappa shape index (κ2) is 6.00. The molecule has 1 unspecified atom stereocenters. The Morgan fingerprint density at radius 2 is 2.27 bits per heavy atom. The van der Waals surface area contributed by atoms with Crippen molar-refractivity contribution in [2.75, 3.05) is 19.3 Å². The van der Waals surface area contributed by atoms with E-state index < -0.39 is 5.97 Å². The van der Waals surface area contributed by atoms with E-state index in [9.17, 15) is 9.59 Å². The van der Waals surface area contributed by atoms with Crippen LogP contribution in [-0.2, 0) is 9.59 Å². The minimum atomic E-state index is -0.800. The van der Waals surface area contributed by atoms with Crippen molar-refractivity contribution < 1.29 is 14.7 Å². The molecule has 1 rings (SSSR count). The molecule has 4 nitrogen and oxygen atoms in total. The fraction of sp³-hybridized carbons (Fsp3) is 0.800. The second-order valence-corrected chi connectivity index (χ2v) is 5.07. The zero-order valence-corrected chi connectivity index (χ0v) is 9.76. The summed E-state index contributed by atoms with van der Waals surface area (Å²) in [6.07, 6.45) is 2.75. The Labute approximate surface area is 94.0 Å². The highest BCUT2D eigenvalue weighted by Gasteiger charge is 2.25. The van der Waals surface area contributed by atoms with E-state index in [-0.39, 0.29) is 17.6 Å². The predicted octanol–water partition coefficient (Wildman–Crippen LogP) is 1.21. The summed E-state index contributed by atoms with van der Waals surface area (Å²) in [5.74, 6) is 0.424. The molecule has 1 aliphatic heterocycles. The highest BCUT2D eigenvalue weighted by Crippen LogP contribution is 2.27. The number of hydrogen-bond donors (Lipinski definition) is 1. The van der Waals surface area contributed by atoms with Gasteiger partial charge >= 0.3 is 5.97 Å². The van der Waals surface area contributed by atoms with Crippen LogP contribution in [0.1, 0.15) is 25.7 Å². The summed E-state index contributed by atoms with van der Waals surface area (Å²) in [5, 5.41) is 8.58. The van der Waals surface area contributed by atoms with Crippen molar-refractivity contribution in [2.45, 2.75) is 30.9 Å². The van der Waals surface area contributed by atoms with Crippen LogP contribution in [0.25, 0.3) is 0 Å². The predicted molar refractivity (Wildman–Crippen MR) is 60.0 cm³/mol. The van der Waals surface area contributed by atoms with Crippen LogP contribution in [0.3, 0.4) is 0 Å². The topological polar surface area (TPSA) is 57.6 Å². The van der Waals surface area contributed by atoms with Crippen LogP contribution < -0.4 is 0 Å². The summed E-state index contributed by atoms with van der Waals surface area (Å²) in [4.78, 5) is 23.7. The number of carbonyl (C=O) groups excluding carboxylic acids is 1. The minimum Gasteiger partial charge on any atom is -0.481 e. The average Bonchev–Trinajstić information content (AvgIpc) is 2.68. The van der Waals surface area contributed by atoms with Crippen LogP contribution >= 0.6 is 11.8 Å². The molecule has 0 spiro atoms. The third-order valence-electron chi connectivity index (χ3n) is 2.47. The van der Waals surface area contributed by atoms with Gasteiger partial charge in [-0.1, -0.05) is 0 Å². The van der Waals surface area contributed by atoms with Crippen LogP contribution in [0.2, 0.25) is 0 Å². The Morgan fingerprint density at radius 1 is 1.53 bits per heavy atom. The number of hydrogen-bond acceptors (Lipinski definition) is 3. The number of amides is 1. The lowest BCUT2D eigenvalue weighted by molar-refractivity contribution is -0.138. The Balaban J connectivity index is 2.23. The molecule has 1 saturated heterocycles. The molecule has 1 amide bonds. The number of carboxylic acid groups (broad SMARTS) is 1. The number of aliphatic carboxylic acids is 1. The molecular weight excluding hydrogens is 214 g/mol. The summed E-state index contributed by atoms with van der Waals surface area (Å²) in [7, 11) is 1.75.